The number of carbonyl (C=O) groups excluding carboxylic acids is 1. The number of nitrogens with zero attached hydrogens (tertiary/aromatic N) is 2. The molecule has 1 amide bonds. The van der Waals surface area contributed by atoms with Crippen LogP contribution < -0.4 is 5.32 Å². The number of hydrogen-bond donors (Lipinski definition) is 2. The van der Waals surface area contributed by atoms with E-state index >= 15 is 0 Å². The van der Waals surface area contributed by atoms with Gasteiger partial charge in [-0.2, -0.15) is 5.10 Å². The van der Waals surface area contributed by atoms with Crippen LogP contribution in [0.1, 0.15) is 26.8 Å². The summed E-state index contributed by atoms with van der Waals surface area (Å²) in [6.45, 7) is 4.33. The molecule has 6 heteroatoms. The second-order valence-corrected chi connectivity index (χ2v) is 4.33. The van der Waals surface area contributed by atoms with Crippen molar-refractivity contribution in [1.29, 1.82) is 0 Å². The molecule has 0 bridgehead atoms. The minimum absolute atomic E-state index is 0.144. The average Bonchev–Trinajstić information content (AvgIpc) is 2.87. The Labute approximate surface area is 96.9 Å². The fourth-order valence-corrected chi connectivity index (χ4v) is 1.97. The molecule has 2 aromatic heterocycles. The van der Waals surface area contributed by atoms with Crippen LogP contribution in [0.4, 0.5) is 0 Å². The maximum absolute atomic E-state index is 11.6. The zero-order valence-electron chi connectivity index (χ0n) is 9.07. The quantitative estimate of drug-likeness (QED) is 0.846. The van der Waals surface area contributed by atoms with Crippen LogP contribution in [0, 0.1) is 13.8 Å². The summed E-state index contributed by atoms with van der Waals surface area (Å²) in [5.74, 6) is -0.144. The molecule has 0 aliphatic rings. The molecule has 0 atom stereocenters. The van der Waals surface area contributed by atoms with Crippen LogP contribution in [0.25, 0.3) is 0 Å². The highest BCUT2D eigenvalue weighted by Gasteiger charge is 2.10. The highest BCUT2D eigenvalue weighted by atomic mass is 32.1. The number of rotatable bonds is 3. The van der Waals surface area contributed by atoms with Gasteiger partial charge in [-0.05, 0) is 13.8 Å². The van der Waals surface area contributed by atoms with E-state index in [1.165, 1.54) is 11.3 Å². The van der Waals surface area contributed by atoms with Gasteiger partial charge in [-0.15, -0.1) is 11.3 Å². The van der Waals surface area contributed by atoms with E-state index in [1.807, 2.05) is 13.8 Å². The summed E-state index contributed by atoms with van der Waals surface area (Å²) in [4.78, 5) is 15.6. The molecule has 2 rings (SSSR count). The van der Waals surface area contributed by atoms with Gasteiger partial charge in [0.1, 0.15) is 0 Å². The lowest BCUT2D eigenvalue weighted by molar-refractivity contribution is 0.0950. The minimum atomic E-state index is -0.144. The third kappa shape index (κ3) is 2.11. The number of carbonyl (C=O) groups is 1. The summed E-state index contributed by atoms with van der Waals surface area (Å²) >= 11 is 1.33. The molecular weight excluding hydrogens is 224 g/mol. The monoisotopic (exact) mass is 236 g/mol. The largest absolute Gasteiger partial charge is 0.346 e. The van der Waals surface area contributed by atoms with Crippen LogP contribution in [0.2, 0.25) is 0 Å². The molecule has 0 fully saturated rings. The van der Waals surface area contributed by atoms with Gasteiger partial charge < -0.3 is 5.32 Å². The van der Waals surface area contributed by atoms with Crippen LogP contribution >= 0.6 is 11.3 Å². The van der Waals surface area contributed by atoms with Crippen molar-refractivity contribution in [3.8, 4) is 0 Å². The van der Waals surface area contributed by atoms with Crippen molar-refractivity contribution in [1.82, 2.24) is 20.5 Å². The second-order valence-electron chi connectivity index (χ2n) is 3.43. The predicted molar refractivity (Wildman–Crippen MR) is 61.3 cm³/mol. The molecule has 5 nitrogen and oxygen atoms in total. The Hall–Kier alpha value is -1.69. The molecule has 0 spiro atoms. The van der Waals surface area contributed by atoms with Gasteiger partial charge in [0.15, 0.2) is 5.01 Å². The van der Waals surface area contributed by atoms with E-state index in [0.29, 0.717) is 11.6 Å². The number of H-pyrrole nitrogens is 1. The van der Waals surface area contributed by atoms with Gasteiger partial charge in [0.25, 0.3) is 5.91 Å². The lowest BCUT2D eigenvalue weighted by atomic mass is 10.2. The van der Waals surface area contributed by atoms with Gasteiger partial charge in [-0.3, -0.25) is 9.89 Å². The highest BCUT2D eigenvalue weighted by Crippen LogP contribution is 2.09. The molecule has 0 aromatic carbocycles. The van der Waals surface area contributed by atoms with Gasteiger partial charge in [0, 0.05) is 29.4 Å². The molecule has 0 radical (unpaired) electrons. The molecular formula is C10H12N4OS. The van der Waals surface area contributed by atoms with E-state index < -0.39 is 0 Å². The molecule has 2 heterocycles. The maximum atomic E-state index is 11.6. The van der Waals surface area contributed by atoms with Gasteiger partial charge >= 0.3 is 0 Å². The third-order valence-corrected chi connectivity index (χ3v) is 3.10. The average molecular weight is 236 g/mol. The van der Waals surface area contributed by atoms with Crippen LogP contribution in [0.15, 0.2) is 11.6 Å². The number of aryl methyl sites for hydroxylation is 2. The van der Waals surface area contributed by atoms with E-state index in [1.54, 1.807) is 11.6 Å². The topological polar surface area (TPSA) is 70.7 Å². The van der Waals surface area contributed by atoms with Gasteiger partial charge in [-0.25, -0.2) is 4.98 Å². The summed E-state index contributed by atoms with van der Waals surface area (Å²) in [7, 11) is 0. The van der Waals surface area contributed by atoms with Gasteiger partial charge in [0.2, 0.25) is 0 Å². The summed E-state index contributed by atoms with van der Waals surface area (Å²) in [5, 5.41) is 12.0. The summed E-state index contributed by atoms with van der Waals surface area (Å²) < 4.78 is 0. The maximum Gasteiger partial charge on any atom is 0.280 e. The first kappa shape index (κ1) is 10.8. The zero-order valence-corrected chi connectivity index (χ0v) is 9.89. The summed E-state index contributed by atoms with van der Waals surface area (Å²) in [5.41, 5.74) is 2.93. The first-order valence-corrected chi connectivity index (χ1v) is 5.74. The number of aromatic nitrogens is 3. The van der Waals surface area contributed by atoms with Crippen molar-refractivity contribution in [2.24, 2.45) is 0 Å². The van der Waals surface area contributed by atoms with E-state index in [0.717, 1.165) is 17.0 Å². The molecule has 0 aliphatic heterocycles. The molecule has 0 unspecified atom stereocenters. The minimum Gasteiger partial charge on any atom is -0.346 e. The van der Waals surface area contributed by atoms with Crippen molar-refractivity contribution in [3.05, 3.63) is 33.5 Å². The third-order valence-electron chi connectivity index (χ3n) is 2.33. The molecule has 0 aliphatic carbocycles. The number of hydrogen-bond acceptors (Lipinski definition) is 4. The Bertz CT molecular complexity index is 469. The van der Waals surface area contributed by atoms with E-state index in [9.17, 15) is 4.79 Å². The fraction of sp³-hybridized carbons (Fsp3) is 0.300. The normalized spacial score (nSPS) is 10.4. The molecule has 16 heavy (non-hydrogen) atoms. The lowest BCUT2D eigenvalue weighted by Crippen LogP contribution is -2.23. The molecule has 2 aromatic rings. The molecule has 84 valence electrons. The summed E-state index contributed by atoms with van der Waals surface area (Å²) in [6.07, 6.45) is 1.62. The first-order valence-electron chi connectivity index (χ1n) is 4.86. The molecule has 2 N–H and O–H groups in total. The fourth-order valence-electron chi connectivity index (χ4n) is 1.41. The van der Waals surface area contributed by atoms with Crippen molar-refractivity contribution >= 4 is 17.2 Å². The van der Waals surface area contributed by atoms with Crippen LogP contribution in [-0.4, -0.2) is 21.1 Å². The number of aromatic amines is 1. The Morgan fingerprint density at radius 2 is 2.38 bits per heavy atom. The van der Waals surface area contributed by atoms with E-state index in [4.69, 9.17) is 0 Å². The predicted octanol–water partition coefficient (Wildman–Crippen LogP) is 1.41. The van der Waals surface area contributed by atoms with Crippen molar-refractivity contribution < 1.29 is 4.79 Å². The lowest BCUT2D eigenvalue weighted by Gasteiger charge is -2.02. The van der Waals surface area contributed by atoms with Crippen molar-refractivity contribution in [2.45, 2.75) is 20.4 Å². The Morgan fingerprint density at radius 3 is 2.94 bits per heavy atom. The van der Waals surface area contributed by atoms with Crippen LogP contribution in [0.3, 0.4) is 0 Å². The number of amides is 1. The van der Waals surface area contributed by atoms with E-state index in [-0.39, 0.29) is 5.91 Å². The SMILES string of the molecule is Cc1n[nH]c(C)c1CNC(=O)c1nccs1. The molecule has 0 saturated heterocycles. The summed E-state index contributed by atoms with van der Waals surface area (Å²) in [6, 6.07) is 0. The second kappa shape index (κ2) is 4.44. The van der Waals surface area contributed by atoms with Gasteiger partial charge in [0.05, 0.1) is 5.69 Å². The smallest absolute Gasteiger partial charge is 0.280 e. The van der Waals surface area contributed by atoms with Crippen molar-refractivity contribution in [2.75, 3.05) is 0 Å². The first-order chi connectivity index (χ1) is 7.68. The highest BCUT2D eigenvalue weighted by molar-refractivity contribution is 7.11. The van der Waals surface area contributed by atoms with Crippen LogP contribution in [-0.2, 0) is 6.54 Å². The molecule has 0 saturated carbocycles. The van der Waals surface area contributed by atoms with Crippen molar-refractivity contribution in [3.63, 3.8) is 0 Å². The van der Waals surface area contributed by atoms with E-state index in [2.05, 4.69) is 20.5 Å². The van der Waals surface area contributed by atoms with Crippen LogP contribution in [0.5, 0.6) is 0 Å². The Kier molecular flexibility index (Phi) is 3.00. The Balaban J connectivity index is 2.01. The van der Waals surface area contributed by atoms with Gasteiger partial charge in [-0.1, -0.05) is 0 Å². The number of nitrogens with one attached hydrogen (secondary N) is 2. The standard InChI is InChI=1S/C10H12N4OS/c1-6-8(7(2)14-13-6)5-12-9(15)10-11-3-4-16-10/h3-4H,5H2,1-2H3,(H,12,15)(H,13,14). The number of thiazole rings is 1. The zero-order chi connectivity index (χ0) is 11.5. The Morgan fingerprint density at radius 1 is 1.56 bits per heavy atom.